The third-order valence-electron chi connectivity index (χ3n) is 3.30. The number of morpholine rings is 1. The average Bonchev–Trinajstić information content (AvgIpc) is 2.39. The maximum Gasteiger partial charge on any atom is 0.322 e. The lowest BCUT2D eigenvalue weighted by molar-refractivity contribution is -0.0341. The zero-order chi connectivity index (χ0) is 13.8. The molecule has 0 spiro atoms. The van der Waals surface area contributed by atoms with Crippen LogP contribution in [-0.2, 0) is 4.74 Å². The molecule has 5 nitrogen and oxygen atoms in total. The van der Waals surface area contributed by atoms with E-state index in [0.717, 1.165) is 11.3 Å². The highest BCUT2D eigenvalue weighted by atomic mass is 16.5. The van der Waals surface area contributed by atoms with Gasteiger partial charge >= 0.3 is 6.03 Å². The van der Waals surface area contributed by atoms with Gasteiger partial charge in [0.15, 0.2) is 0 Å². The lowest BCUT2D eigenvalue weighted by Crippen LogP contribution is -2.54. The van der Waals surface area contributed by atoms with Crippen LogP contribution in [-0.4, -0.2) is 42.8 Å². The minimum absolute atomic E-state index is 0.0626. The Bertz CT molecular complexity index is 450. The second-order valence-electron chi connectivity index (χ2n) is 4.99. The molecule has 2 atom stereocenters. The third kappa shape index (κ3) is 3.45. The van der Waals surface area contributed by atoms with Crippen LogP contribution in [0.3, 0.4) is 0 Å². The van der Waals surface area contributed by atoms with Crippen LogP contribution in [0.15, 0.2) is 24.3 Å². The van der Waals surface area contributed by atoms with Crippen molar-refractivity contribution in [3.05, 3.63) is 29.8 Å². The first kappa shape index (κ1) is 13.8. The van der Waals surface area contributed by atoms with E-state index in [-0.39, 0.29) is 18.2 Å². The van der Waals surface area contributed by atoms with Crippen LogP contribution in [0.1, 0.15) is 12.5 Å². The topological polar surface area (TPSA) is 67.6 Å². The summed E-state index contributed by atoms with van der Waals surface area (Å²) < 4.78 is 5.54. The van der Waals surface area contributed by atoms with Crippen molar-refractivity contribution in [2.45, 2.75) is 26.0 Å². The summed E-state index contributed by atoms with van der Waals surface area (Å²) in [6.45, 7) is 5.47. The lowest BCUT2D eigenvalue weighted by atomic mass is 10.2. The van der Waals surface area contributed by atoms with Gasteiger partial charge in [-0.1, -0.05) is 12.1 Å². The Morgan fingerprint density at radius 2 is 2.37 bits per heavy atom. The smallest absolute Gasteiger partial charge is 0.322 e. The number of benzene rings is 1. The minimum atomic E-state index is -0.0974. The number of carbonyl (C=O) groups excluding carboxylic acids is 1. The fourth-order valence-corrected chi connectivity index (χ4v) is 2.16. The van der Waals surface area contributed by atoms with Crippen molar-refractivity contribution in [1.29, 1.82) is 0 Å². The van der Waals surface area contributed by atoms with E-state index in [9.17, 15) is 4.79 Å². The molecule has 2 unspecified atom stereocenters. The van der Waals surface area contributed by atoms with Crippen LogP contribution in [0, 0.1) is 6.92 Å². The van der Waals surface area contributed by atoms with Gasteiger partial charge in [0.1, 0.15) is 0 Å². The molecule has 19 heavy (non-hydrogen) atoms. The van der Waals surface area contributed by atoms with Crippen LogP contribution in [0.5, 0.6) is 0 Å². The van der Waals surface area contributed by atoms with Crippen molar-refractivity contribution in [3.8, 4) is 0 Å². The Morgan fingerprint density at radius 1 is 1.58 bits per heavy atom. The van der Waals surface area contributed by atoms with Crippen LogP contribution in [0.2, 0.25) is 0 Å². The molecular weight excluding hydrogens is 242 g/mol. The summed E-state index contributed by atoms with van der Waals surface area (Å²) in [5.74, 6) is 0. The number of nitrogens with two attached hydrogens (primary N) is 1. The highest BCUT2D eigenvalue weighted by Gasteiger charge is 2.28. The first-order valence-electron chi connectivity index (χ1n) is 6.56. The van der Waals surface area contributed by atoms with E-state index in [1.165, 1.54) is 0 Å². The summed E-state index contributed by atoms with van der Waals surface area (Å²) in [5, 5.41) is 2.92. The standard InChI is InChI=1S/C14H21N3O2/c1-10-4-3-5-12(6-10)16-14(18)17-8-13(7-15)19-9-11(17)2/h3-6,11,13H,7-9,15H2,1-2H3,(H,16,18). The van der Waals surface area contributed by atoms with Crippen molar-refractivity contribution in [1.82, 2.24) is 4.90 Å². The van der Waals surface area contributed by atoms with Gasteiger partial charge in [-0.25, -0.2) is 4.79 Å². The molecule has 0 saturated carbocycles. The number of carbonyl (C=O) groups is 1. The molecule has 0 bridgehead atoms. The van der Waals surface area contributed by atoms with Gasteiger partial charge in [0, 0.05) is 12.2 Å². The number of nitrogens with zero attached hydrogens (tertiary/aromatic N) is 1. The largest absolute Gasteiger partial charge is 0.373 e. The molecule has 0 radical (unpaired) electrons. The van der Waals surface area contributed by atoms with Crippen molar-refractivity contribution < 1.29 is 9.53 Å². The quantitative estimate of drug-likeness (QED) is 0.851. The maximum atomic E-state index is 12.3. The monoisotopic (exact) mass is 263 g/mol. The zero-order valence-corrected chi connectivity index (χ0v) is 11.4. The Kier molecular flexibility index (Phi) is 4.39. The van der Waals surface area contributed by atoms with E-state index in [0.29, 0.717) is 19.7 Å². The Hall–Kier alpha value is -1.59. The summed E-state index contributed by atoms with van der Waals surface area (Å²) in [7, 11) is 0. The number of nitrogens with one attached hydrogen (secondary N) is 1. The number of urea groups is 1. The molecule has 1 aromatic rings. The average molecular weight is 263 g/mol. The number of amides is 2. The molecule has 2 amide bonds. The molecule has 0 aromatic heterocycles. The minimum Gasteiger partial charge on any atom is -0.373 e. The molecule has 1 saturated heterocycles. The fraction of sp³-hybridized carbons (Fsp3) is 0.500. The lowest BCUT2D eigenvalue weighted by Gasteiger charge is -2.37. The van der Waals surface area contributed by atoms with Crippen LogP contribution >= 0.6 is 0 Å². The van der Waals surface area contributed by atoms with Gasteiger partial charge in [0.05, 0.1) is 25.3 Å². The van der Waals surface area contributed by atoms with Gasteiger partial charge in [0.25, 0.3) is 0 Å². The molecule has 1 aromatic carbocycles. The van der Waals surface area contributed by atoms with E-state index < -0.39 is 0 Å². The highest BCUT2D eigenvalue weighted by molar-refractivity contribution is 5.89. The second kappa shape index (κ2) is 6.04. The molecule has 5 heteroatoms. The normalized spacial score (nSPS) is 23.2. The van der Waals surface area contributed by atoms with Crippen molar-refractivity contribution in [2.75, 3.05) is 25.0 Å². The van der Waals surface area contributed by atoms with E-state index in [1.807, 2.05) is 38.1 Å². The van der Waals surface area contributed by atoms with Crippen molar-refractivity contribution in [3.63, 3.8) is 0 Å². The van der Waals surface area contributed by atoms with Crippen molar-refractivity contribution in [2.24, 2.45) is 5.73 Å². The molecule has 1 aliphatic rings. The first-order valence-corrected chi connectivity index (χ1v) is 6.56. The predicted molar refractivity (Wildman–Crippen MR) is 75.2 cm³/mol. The summed E-state index contributed by atoms with van der Waals surface area (Å²) in [4.78, 5) is 14.1. The molecular formula is C14H21N3O2. The van der Waals surface area contributed by atoms with Gasteiger partial charge in [-0.2, -0.15) is 0 Å². The molecule has 1 fully saturated rings. The number of aryl methyl sites for hydroxylation is 1. The summed E-state index contributed by atoms with van der Waals surface area (Å²) in [6, 6.07) is 7.72. The Balaban J connectivity index is 2.02. The second-order valence-corrected chi connectivity index (χ2v) is 4.99. The fourth-order valence-electron chi connectivity index (χ4n) is 2.16. The van der Waals surface area contributed by atoms with Crippen LogP contribution in [0.25, 0.3) is 0 Å². The summed E-state index contributed by atoms with van der Waals surface area (Å²) >= 11 is 0. The van der Waals surface area contributed by atoms with E-state index in [2.05, 4.69) is 5.32 Å². The van der Waals surface area contributed by atoms with Crippen LogP contribution in [0.4, 0.5) is 10.5 Å². The van der Waals surface area contributed by atoms with E-state index in [4.69, 9.17) is 10.5 Å². The van der Waals surface area contributed by atoms with Gasteiger partial charge in [-0.3, -0.25) is 0 Å². The number of hydrogen-bond donors (Lipinski definition) is 2. The Morgan fingerprint density at radius 3 is 3.05 bits per heavy atom. The molecule has 0 aliphatic carbocycles. The highest BCUT2D eigenvalue weighted by Crippen LogP contribution is 2.15. The van der Waals surface area contributed by atoms with Gasteiger partial charge in [0.2, 0.25) is 0 Å². The molecule has 104 valence electrons. The van der Waals surface area contributed by atoms with Gasteiger partial charge in [-0.15, -0.1) is 0 Å². The number of ether oxygens (including phenoxy) is 1. The zero-order valence-electron chi connectivity index (χ0n) is 11.4. The van der Waals surface area contributed by atoms with E-state index >= 15 is 0 Å². The number of hydrogen-bond acceptors (Lipinski definition) is 3. The summed E-state index contributed by atoms with van der Waals surface area (Å²) in [6.07, 6.45) is -0.0699. The SMILES string of the molecule is Cc1cccc(NC(=O)N2CC(CN)OCC2C)c1. The maximum absolute atomic E-state index is 12.3. The molecule has 1 heterocycles. The molecule has 3 N–H and O–H groups in total. The predicted octanol–water partition coefficient (Wildman–Crippen LogP) is 1.57. The molecule has 2 rings (SSSR count). The molecule has 1 aliphatic heterocycles. The summed E-state index contributed by atoms with van der Waals surface area (Å²) in [5.41, 5.74) is 7.53. The first-order chi connectivity index (χ1) is 9.10. The van der Waals surface area contributed by atoms with Crippen LogP contribution < -0.4 is 11.1 Å². The number of anilines is 1. The van der Waals surface area contributed by atoms with Gasteiger partial charge in [-0.05, 0) is 31.5 Å². The van der Waals surface area contributed by atoms with Crippen molar-refractivity contribution >= 4 is 11.7 Å². The van der Waals surface area contributed by atoms with E-state index in [1.54, 1.807) is 4.90 Å². The third-order valence-corrected chi connectivity index (χ3v) is 3.30. The Labute approximate surface area is 113 Å². The van der Waals surface area contributed by atoms with Gasteiger partial charge < -0.3 is 20.7 Å². The number of rotatable bonds is 2.